The lowest BCUT2D eigenvalue weighted by Crippen LogP contribution is -2.39. The summed E-state index contributed by atoms with van der Waals surface area (Å²) in [6.07, 6.45) is 3.01. The third-order valence-corrected chi connectivity index (χ3v) is 3.31. The van der Waals surface area contributed by atoms with Crippen molar-refractivity contribution in [2.75, 3.05) is 39.3 Å². The van der Waals surface area contributed by atoms with Crippen molar-refractivity contribution in [3.05, 3.63) is 29.8 Å². The van der Waals surface area contributed by atoms with Crippen molar-refractivity contribution in [2.45, 2.75) is 6.42 Å². The Morgan fingerprint density at radius 3 is 2.68 bits per heavy atom. The Morgan fingerprint density at radius 1 is 1.26 bits per heavy atom. The molecule has 0 atom stereocenters. The van der Waals surface area contributed by atoms with Gasteiger partial charge in [0.25, 0.3) is 0 Å². The lowest BCUT2D eigenvalue weighted by molar-refractivity contribution is 0.409. The molecule has 0 aromatic heterocycles. The first kappa shape index (κ1) is 15.7. The number of rotatable bonds is 7. The van der Waals surface area contributed by atoms with E-state index >= 15 is 0 Å². The summed E-state index contributed by atoms with van der Waals surface area (Å²) in [5.41, 5.74) is 1.21. The number of nitrogens with one attached hydrogen (secondary N) is 2. The largest absolute Gasteiger partial charge is 0.496 e. The Labute approximate surface area is 120 Å². The Balaban J connectivity index is 2.36. The van der Waals surface area contributed by atoms with E-state index in [2.05, 4.69) is 27.9 Å². The molecular weight excluding hydrogens is 258 g/mol. The highest BCUT2D eigenvalue weighted by atomic mass is 32.2. The fourth-order valence-electron chi connectivity index (χ4n) is 1.72. The van der Waals surface area contributed by atoms with Gasteiger partial charge in [-0.25, -0.2) is 0 Å². The first-order valence-electron chi connectivity index (χ1n) is 6.37. The first-order chi connectivity index (χ1) is 9.31. The molecule has 0 radical (unpaired) electrons. The summed E-state index contributed by atoms with van der Waals surface area (Å²) in [7, 11) is 3.49. The van der Waals surface area contributed by atoms with Gasteiger partial charge in [0, 0.05) is 25.9 Å². The Kier molecular flexibility index (Phi) is 7.89. The maximum absolute atomic E-state index is 5.33. The van der Waals surface area contributed by atoms with E-state index in [4.69, 9.17) is 4.74 Å². The number of nitrogens with zero attached hydrogens (tertiary/aromatic N) is 1. The van der Waals surface area contributed by atoms with Gasteiger partial charge in [0.15, 0.2) is 5.96 Å². The number of guanidine groups is 1. The van der Waals surface area contributed by atoms with Gasteiger partial charge in [0.2, 0.25) is 0 Å². The molecule has 0 amide bonds. The zero-order valence-electron chi connectivity index (χ0n) is 11.9. The molecule has 0 saturated heterocycles. The average molecular weight is 281 g/mol. The van der Waals surface area contributed by atoms with E-state index in [1.807, 2.05) is 30.0 Å². The smallest absolute Gasteiger partial charge is 0.191 e. The number of ether oxygens (including phenoxy) is 1. The summed E-state index contributed by atoms with van der Waals surface area (Å²) < 4.78 is 5.33. The van der Waals surface area contributed by atoms with Crippen molar-refractivity contribution in [3.8, 4) is 5.75 Å². The molecule has 0 saturated carbocycles. The van der Waals surface area contributed by atoms with Crippen LogP contribution >= 0.6 is 11.8 Å². The summed E-state index contributed by atoms with van der Waals surface area (Å²) in [5.74, 6) is 2.87. The van der Waals surface area contributed by atoms with E-state index in [0.717, 1.165) is 37.0 Å². The zero-order chi connectivity index (χ0) is 13.9. The number of benzene rings is 1. The molecule has 4 nitrogen and oxygen atoms in total. The van der Waals surface area contributed by atoms with Crippen LogP contribution in [0.3, 0.4) is 0 Å². The zero-order valence-corrected chi connectivity index (χ0v) is 12.7. The van der Waals surface area contributed by atoms with Crippen LogP contribution in [0.5, 0.6) is 5.75 Å². The van der Waals surface area contributed by atoms with E-state index in [9.17, 15) is 0 Å². The van der Waals surface area contributed by atoms with Crippen molar-refractivity contribution in [3.63, 3.8) is 0 Å². The molecular formula is C14H23N3OS. The fourth-order valence-corrected chi connectivity index (χ4v) is 2.02. The molecule has 0 spiro atoms. The SMILES string of the molecule is CN=C(NCCSC)NCCc1ccccc1OC. The number of thioether (sulfide) groups is 1. The summed E-state index contributed by atoms with van der Waals surface area (Å²) >= 11 is 1.82. The van der Waals surface area contributed by atoms with Crippen LogP contribution in [0.2, 0.25) is 0 Å². The third kappa shape index (κ3) is 5.87. The Morgan fingerprint density at radius 2 is 2.00 bits per heavy atom. The summed E-state index contributed by atoms with van der Waals surface area (Å²) in [5, 5.41) is 6.57. The monoisotopic (exact) mass is 281 g/mol. The highest BCUT2D eigenvalue weighted by Gasteiger charge is 2.02. The van der Waals surface area contributed by atoms with E-state index in [1.165, 1.54) is 5.56 Å². The molecule has 0 bridgehead atoms. The molecule has 0 aliphatic carbocycles. The summed E-state index contributed by atoms with van der Waals surface area (Å²) in [4.78, 5) is 4.19. The van der Waals surface area contributed by atoms with E-state index in [0.29, 0.717) is 0 Å². The molecule has 0 unspecified atom stereocenters. The molecule has 2 N–H and O–H groups in total. The van der Waals surface area contributed by atoms with Crippen LogP contribution < -0.4 is 15.4 Å². The van der Waals surface area contributed by atoms with Gasteiger partial charge >= 0.3 is 0 Å². The van der Waals surface area contributed by atoms with Crippen molar-refractivity contribution in [1.29, 1.82) is 0 Å². The molecule has 1 rings (SSSR count). The predicted octanol–water partition coefficient (Wildman–Crippen LogP) is 1.77. The third-order valence-electron chi connectivity index (χ3n) is 2.70. The van der Waals surface area contributed by atoms with Crippen LogP contribution in [0.25, 0.3) is 0 Å². The van der Waals surface area contributed by atoms with Gasteiger partial charge in [0.1, 0.15) is 5.75 Å². The first-order valence-corrected chi connectivity index (χ1v) is 7.76. The maximum Gasteiger partial charge on any atom is 0.191 e. The Bertz CT molecular complexity index is 396. The number of aliphatic imine (C=N–C) groups is 1. The fraction of sp³-hybridized carbons (Fsp3) is 0.500. The lowest BCUT2D eigenvalue weighted by Gasteiger charge is -2.12. The van der Waals surface area contributed by atoms with Crippen molar-refractivity contribution < 1.29 is 4.74 Å². The van der Waals surface area contributed by atoms with Crippen molar-refractivity contribution in [1.82, 2.24) is 10.6 Å². The van der Waals surface area contributed by atoms with E-state index in [-0.39, 0.29) is 0 Å². The van der Waals surface area contributed by atoms with Crippen LogP contribution in [0.4, 0.5) is 0 Å². The molecule has 0 fully saturated rings. The van der Waals surface area contributed by atoms with Gasteiger partial charge < -0.3 is 15.4 Å². The maximum atomic E-state index is 5.33. The number of methoxy groups -OCH3 is 1. The van der Waals surface area contributed by atoms with Crippen LogP contribution in [0, 0.1) is 0 Å². The topological polar surface area (TPSA) is 45.7 Å². The van der Waals surface area contributed by atoms with Crippen molar-refractivity contribution >= 4 is 17.7 Å². The van der Waals surface area contributed by atoms with Gasteiger partial charge in [-0.3, -0.25) is 4.99 Å². The van der Waals surface area contributed by atoms with Crippen LogP contribution in [-0.4, -0.2) is 45.2 Å². The average Bonchev–Trinajstić information content (AvgIpc) is 2.46. The molecule has 1 aromatic rings. The molecule has 106 valence electrons. The lowest BCUT2D eigenvalue weighted by atomic mass is 10.1. The van der Waals surface area contributed by atoms with Gasteiger partial charge in [-0.15, -0.1) is 0 Å². The number of hydrogen-bond donors (Lipinski definition) is 2. The normalized spacial score (nSPS) is 11.2. The van der Waals surface area contributed by atoms with Gasteiger partial charge in [-0.05, 0) is 24.3 Å². The summed E-state index contributed by atoms with van der Waals surface area (Å²) in [6.45, 7) is 1.76. The van der Waals surface area contributed by atoms with E-state index < -0.39 is 0 Å². The highest BCUT2D eigenvalue weighted by Crippen LogP contribution is 2.17. The molecule has 0 aliphatic rings. The van der Waals surface area contributed by atoms with E-state index in [1.54, 1.807) is 14.2 Å². The van der Waals surface area contributed by atoms with Crippen molar-refractivity contribution in [2.24, 2.45) is 4.99 Å². The second-order valence-corrected chi connectivity index (χ2v) is 4.97. The predicted molar refractivity (Wildman–Crippen MR) is 84.4 cm³/mol. The van der Waals surface area contributed by atoms with Crippen LogP contribution in [-0.2, 0) is 6.42 Å². The molecule has 19 heavy (non-hydrogen) atoms. The summed E-state index contributed by atoms with van der Waals surface area (Å²) in [6, 6.07) is 8.09. The minimum Gasteiger partial charge on any atom is -0.496 e. The number of para-hydroxylation sites is 1. The van der Waals surface area contributed by atoms with Gasteiger partial charge in [-0.1, -0.05) is 18.2 Å². The van der Waals surface area contributed by atoms with Crippen LogP contribution in [0.15, 0.2) is 29.3 Å². The van der Waals surface area contributed by atoms with Gasteiger partial charge in [0.05, 0.1) is 7.11 Å². The second kappa shape index (κ2) is 9.55. The molecule has 0 heterocycles. The van der Waals surface area contributed by atoms with Gasteiger partial charge in [-0.2, -0.15) is 11.8 Å². The minimum atomic E-state index is 0.833. The molecule has 5 heteroatoms. The highest BCUT2D eigenvalue weighted by molar-refractivity contribution is 7.98. The standard InChI is InChI=1S/C14H23N3OS/c1-15-14(17-10-11-19-3)16-9-8-12-6-4-5-7-13(12)18-2/h4-7H,8-11H2,1-3H3,(H2,15,16,17). The van der Waals surface area contributed by atoms with Crippen LogP contribution in [0.1, 0.15) is 5.56 Å². The Hall–Kier alpha value is -1.36. The quantitative estimate of drug-likeness (QED) is 0.454. The molecule has 1 aromatic carbocycles. The molecule has 0 aliphatic heterocycles. The second-order valence-electron chi connectivity index (χ2n) is 3.98. The minimum absolute atomic E-state index is 0.833. The number of hydrogen-bond acceptors (Lipinski definition) is 3.